The summed E-state index contributed by atoms with van der Waals surface area (Å²) in [6.07, 6.45) is 3.44. The standard InChI is InChI=1S/C13H12F2N2/c1-9-2-3-16-7-10(9)8-17-13-5-11(14)4-12(15)6-13/h2-7,17H,8H2,1H3. The fourth-order valence-corrected chi connectivity index (χ4v) is 1.53. The van der Waals surface area contributed by atoms with Gasteiger partial charge in [0.2, 0.25) is 0 Å². The molecule has 0 aliphatic heterocycles. The minimum absolute atomic E-state index is 0.422. The third-order valence-corrected chi connectivity index (χ3v) is 2.49. The minimum Gasteiger partial charge on any atom is -0.381 e. The van der Waals surface area contributed by atoms with Gasteiger partial charge in [-0.05, 0) is 36.2 Å². The van der Waals surface area contributed by atoms with Crippen LogP contribution in [0.3, 0.4) is 0 Å². The third-order valence-electron chi connectivity index (χ3n) is 2.49. The zero-order valence-electron chi connectivity index (χ0n) is 9.37. The first-order valence-corrected chi connectivity index (χ1v) is 5.24. The lowest BCUT2D eigenvalue weighted by Crippen LogP contribution is -2.02. The zero-order chi connectivity index (χ0) is 12.3. The molecule has 0 radical (unpaired) electrons. The Kier molecular flexibility index (Phi) is 3.32. The van der Waals surface area contributed by atoms with Crippen molar-refractivity contribution in [3.63, 3.8) is 0 Å². The van der Waals surface area contributed by atoms with Gasteiger partial charge < -0.3 is 5.32 Å². The van der Waals surface area contributed by atoms with E-state index in [1.165, 1.54) is 12.1 Å². The number of nitrogens with zero attached hydrogens (tertiary/aromatic N) is 1. The van der Waals surface area contributed by atoms with Gasteiger partial charge in [0.25, 0.3) is 0 Å². The molecule has 1 aromatic heterocycles. The van der Waals surface area contributed by atoms with E-state index in [4.69, 9.17) is 0 Å². The number of halogens is 2. The van der Waals surface area contributed by atoms with Gasteiger partial charge in [-0.1, -0.05) is 0 Å². The van der Waals surface area contributed by atoms with Crippen LogP contribution in [0.5, 0.6) is 0 Å². The molecule has 1 heterocycles. The maximum absolute atomic E-state index is 12.9. The van der Waals surface area contributed by atoms with Gasteiger partial charge in [-0.3, -0.25) is 4.98 Å². The topological polar surface area (TPSA) is 24.9 Å². The number of aromatic nitrogens is 1. The predicted octanol–water partition coefficient (Wildman–Crippen LogP) is 3.28. The lowest BCUT2D eigenvalue weighted by molar-refractivity contribution is 0.584. The van der Waals surface area contributed by atoms with Crippen molar-refractivity contribution in [3.05, 3.63) is 59.4 Å². The lowest BCUT2D eigenvalue weighted by atomic mass is 10.1. The van der Waals surface area contributed by atoms with Crippen molar-refractivity contribution < 1.29 is 8.78 Å². The molecule has 0 saturated heterocycles. The van der Waals surface area contributed by atoms with E-state index in [2.05, 4.69) is 10.3 Å². The van der Waals surface area contributed by atoms with Gasteiger partial charge in [-0.25, -0.2) is 8.78 Å². The number of hydrogen-bond donors (Lipinski definition) is 1. The molecule has 0 spiro atoms. The Labute approximate surface area is 98.3 Å². The van der Waals surface area contributed by atoms with Crippen LogP contribution in [0.25, 0.3) is 0 Å². The average Bonchev–Trinajstić information content (AvgIpc) is 2.27. The second-order valence-electron chi connectivity index (χ2n) is 3.81. The molecule has 0 aliphatic rings. The average molecular weight is 234 g/mol. The molecule has 1 N–H and O–H groups in total. The van der Waals surface area contributed by atoms with Crippen LogP contribution in [0.2, 0.25) is 0 Å². The van der Waals surface area contributed by atoms with Crippen LogP contribution >= 0.6 is 0 Å². The minimum atomic E-state index is -0.588. The van der Waals surface area contributed by atoms with Crippen molar-refractivity contribution in [1.82, 2.24) is 4.98 Å². The van der Waals surface area contributed by atoms with E-state index in [0.717, 1.165) is 17.2 Å². The Hall–Kier alpha value is -1.97. The van der Waals surface area contributed by atoms with E-state index >= 15 is 0 Å². The van der Waals surface area contributed by atoms with E-state index in [-0.39, 0.29) is 0 Å². The molecule has 0 fully saturated rings. The van der Waals surface area contributed by atoms with E-state index < -0.39 is 11.6 Å². The lowest BCUT2D eigenvalue weighted by Gasteiger charge is -2.08. The third kappa shape index (κ3) is 3.00. The van der Waals surface area contributed by atoms with Crippen LogP contribution in [0.1, 0.15) is 11.1 Å². The molecule has 17 heavy (non-hydrogen) atoms. The molecule has 0 unspecified atom stereocenters. The first-order chi connectivity index (χ1) is 8.15. The van der Waals surface area contributed by atoms with Crippen LogP contribution in [-0.4, -0.2) is 4.98 Å². The predicted molar refractivity (Wildman–Crippen MR) is 62.7 cm³/mol. The molecule has 0 saturated carbocycles. The summed E-state index contributed by atoms with van der Waals surface area (Å²) in [6, 6.07) is 5.26. The van der Waals surface area contributed by atoms with Gasteiger partial charge in [-0.2, -0.15) is 0 Å². The normalized spacial score (nSPS) is 10.3. The summed E-state index contributed by atoms with van der Waals surface area (Å²) in [7, 11) is 0. The van der Waals surface area contributed by atoms with Gasteiger partial charge >= 0.3 is 0 Å². The maximum Gasteiger partial charge on any atom is 0.128 e. The van der Waals surface area contributed by atoms with E-state index in [9.17, 15) is 8.78 Å². The second kappa shape index (κ2) is 4.91. The molecular formula is C13H12F2N2. The highest BCUT2D eigenvalue weighted by Gasteiger charge is 2.01. The quantitative estimate of drug-likeness (QED) is 0.881. The molecule has 2 aromatic rings. The monoisotopic (exact) mass is 234 g/mol. The number of hydrogen-bond acceptors (Lipinski definition) is 2. The highest BCUT2D eigenvalue weighted by molar-refractivity contribution is 5.44. The molecule has 2 nitrogen and oxygen atoms in total. The number of pyridine rings is 1. The van der Waals surface area contributed by atoms with E-state index in [0.29, 0.717) is 12.2 Å². The Morgan fingerprint density at radius 3 is 2.53 bits per heavy atom. The maximum atomic E-state index is 12.9. The second-order valence-corrected chi connectivity index (χ2v) is 3.81. The number of aryl methyl sites for hydroxylation is 1. The van der Waals surface area contributed by atoms with Crippen molar-refractivity contribution in [2.24, 2.45) is 0 Å². The molecule has 4 heteroatoms. The fourth-order valence-electron chi connectivity index (χ4n) is 1.53. The summed E-state index contributed by atoms with van der Waals surface area (Å²) < 4.78 is 25.9. The van der Waals surface area contributed by atoms with Crippen molar-refractivity contribution in [2.75, 3.05) is 5.32 Å². The SMILES string of the molecule is Cc1ccncc1CNc1cc(F)cc(F)c1. The number of benzene rings is 1. The Morgan fingerprint density at radius 2 is 1.88 bits per heavy atom. The molecule has 0 bridgehead atoms. The highest BCUT2D eigenvalue weighted by Crippen LogP contribution is 2.14. The Morgan fingerprint density at radius 1 is 1.18 bits per heavy atom. The smallest absolute Gasteiger partial charge is 0.128 e. The van der Waals surface area contributed by atoms with Crippen molar-refractivity contribution in [2.45, 2.75) is 13.5 Å². The van der Waals surface area contributed by atoms with Gasteiger partial charge in [0.15, 0.2) is 0 Å². The molecule has 88 valence electrons. The summed E-state index contributed by atoms with van der Waals surface area (Å²) in [4.78, 5) is 4.00. The number of nitrogens with one attached hydrogen (secondary N) is 1. The van der Waals surface area contributed by atoms with Crippen LogP contribution in [0.4, 0.5) is 14.5 Å². The first-order valence-electron chi connectivity index (χ1n) is 5.24. The summed E-state index contributed by atoms with van der Waals surface area (Å²) in [5.41, 5.74) is 2.51. The number of rotatable bonds is 3. The summed E-state index contributed by atoms with van der Waals surface area (Å²) in [5.74, 6) is -1.18. The highest BCUT2D eigenvalue weighted by atomic mass is 19.1. The molecular weight excluding hydrogens is 222 g/mol. The molecule has 0 amide bonds. The Balaban J connectivity index is 2.10. The zero-order valence-corrected chi connectivity index (χ0v) is 9.37. The largest absolute Gasteiger partial charge is 0.381 e. The van der Waals surface area contributed by atoms with Gasteiger partial charge in [0, 0.05) is 30.7 Å². The van der Waals surface area contributed by atoms with Crippen LogP contribution in [-0.2, 0) is 6.54 Å². The van der Waals surface area contributed by atoms with Crippen LogP contribution in [0.15, 0.2) is 36.7 Å². The molecule has 0 atom stereocenters. The van der Waals surface area contributed by atoms with Gasteiger partial charge in [0.1, 0.15) is 11.6 Å². The number of anilines is 1. The van der Waals surface area contributed by atoms with Crippen LogP contribution in [0, 0.1) is 18.6 Å². The summed E-state index contributed by atoms with van der Waals surface area (Å²) in [5, 5.41) is 2.96. The van der Waals surface area contributed by atoms with Crippen molar-refractivity contribution in [1.29, 1.82) is 0 Å². The van der Waals surface area contributed by atoms with Crippen molar-refractivity contribution in [3.8, 4) is 0 Å². The van der Waals surface area contributed by atoms with E-state index in [1.54, 1.807) is 12.4 Å². The first kappa shape index (κ1) is 11.5. The Bertz CT molecular complexity index is 506. The summed E-state index contributed by atoms with van der Waals surface area (Å²) >= 11 is 0. The van der Waals surface area contributed by atoms with Crippen molar-refractivity contribution >= 4 is 5.69 Å². The fraction of sp³-hybridized carbons (Fsp3) is 0.154. The van der Waals surface area contributed by atoms with Gasteiger partial charge in [0.05, 0.1) is 0 Å². The molecule has 0 aliphatic carbocycles. The molecule has 1 aromatic carbocycles. The molecule has 2 rings (SSSR count). The summed E-state index contributed by atoms with van der Waals surface area (Å²) in [6.45, 7) is 2.45. The van der Waals surface area contributed by atoms with E-state index in [1.807, 2.05) is 13.0 Å². The van der Waals surface area contributed by atoms with Gasteiger partial charge in [-0.15, -0.1) is 0 Å². The van der Waals surface area contributed by atoms with Crippen LogP contribution < -0.4 is 5.32 Å².